The second-order valence-electron chi connectivity index (χ2n) is 5.75. The van der Waals surface area contributed by atoms with Crippen molar-refractivity contribution in [3.8, 4) is 0 Å². The van der Waals surface area contributed by atoms with E-state index < -0.39 is 5.54 Å². The number of amides is 1. The predicted molar refractivity (Wildman–Crippen MR) is 85.6 cm³/mol. The second kappa shape index (κ2) is 6.14. The summed E-state index contributed by atoms with van der Waals surface area (Å²) in [5.41, 5.74) is 0.389. The third kappa shape index (κ3) is 3.34. The number of nitrogens with zero attached hydrogens (tertiary/aromatic N) is 1. The van der Waals surface area contributed by atoms with Gasteiger partial charge < -0.3 is 10.6 Å². The van der Waals surface area contributed by atoms with Gasteiger partial charge in [0.2, 0.25) is 5.91 Å². The first-order valence-corrected chi connectivity index (χ1v) is 8.12. The third-order valence-corrected chi connectivity index (χ3v) is 4.82. The molecule has 0 bridgehead atoms. The number of halogens is 1. The number of rotatable bonds is 4. The molecule has 0 aliphatic carbocycles. The number of nitrogens with one attached hydrogen (secondary N) is 2. The molecule has 0 radical (unpaired) electrons. The van der Waals surface area contributed by atoms with Crippen LogP contribution in [0.3, 0.4) is 0 Å². The Morgan fingerprint density at radius 3 is 3.14 bits per heavy atom. The van der Waals surface area contributed by atoms with E-state index in [2.05, 4.69) is 15.6 Å². The minimum atomic E-state index is -0.506. The molecular weight excluding hydrogens is 301 g/mol. The monoisotopic (exact) mass is 319 g/mol. The van der Waals surface area contributed by atoms with Crippen molar-refractivity contribution < 1.29 is 9.18 Å². The number of benzene rings is 1. The quantitative estimate of drug-likeness (QED) is 0.911. The van der Waals surface area contributed by atoms with Crippen LogP contribution in [-0.4, -0.2) is 23.0 Å². The zero-order chi connectivity index (χ0) is 15.6. The first kappa shape index (κ1) is 15.1. The SMILES string of the molecule is CC1(C(=O)Nc2ncc(Cc3cccc(F)c3)s2)CCCN1. The van der Waals surface area contributed by atoms with Crippen LogP contribution in [0.4, 0.5) is 9.52 Å². The molecule has 1 aliphatic heterocycles. The minimum absolute atomic E-state index is 0.0448. The highest BCUT2D eigenvalue weighted by Crippen LogP contribution is 2.25. The molecule has 0 spiro atoms. The molecule has 1 aromatic carbocycles. The van der Waals surface area contributed by atoms with Gasteiger partial charge in [-0.25, -0.2) is 9.37 Å². The Balaban J connectivity index is 1.65. The summed E-state index contributed by atoms with van der Waals surface area (Å²) < 4.78 is 13.2. The fourth-order valence-corrected chi connectivity index (χ4v) is 3.46. The first-order valence-electron chi connectivity index (χ1n) is 7.31. The van der Waals surface area contributed by atoms with Gasteiger partial charge in [0, 0.05) is 17.5 Å². The maximum Gasteiger partial charge on any atom is 0.246 e. The van der Waals surface area contributed by atoms with Gasteiger partial charge in [0.05, 0.1) is 5.54 Å². The van der Waals surface area contributed by atoms with Gasteiger partial charge in [0.25, 0.3) is 0 Å². The van der Waals surface area contributed by atoms with E-state index in [4.69, 9.17) is 0 Å². The number of carbonyl (C=O) groups excluding carboxylic acids is 1. The molecule has 116 valence electrons. The average molecular weight is 319 g/mol. The van der Waals surface area contributed by atoms with Gasteiger partial charge in [-0.2, -0.15) is 0 Å². The molecule has 6 heteroatoms. The first-order chi connectivity index (χ1) is 10.5. The van der Waals surface area contributed by atoms with Crippen LogP contribution >= 0.6 is 11.3 Å². The molecule has 4 nitrogen and oxygen atoms in total. The van der Waals surface area contributed by atoms with Crippen molar-refractivity contribution in [3.05, 3.63) is 46.7 Å². The molecule has 0 saturated carbocycles. The summed E-state index contributed by atoms with van der Waals surface area (Å²) in [6.07, 6.45) is 4.18. The van der Waals surface area contributed by atoms with Crippen LogP contribution in [0.25, 0.3) is 0 Å². The largest absolute Gasteiger partial charge is 0.304 e. The predicted octanol–water partition coefficient (Wildman–Crippen LogP) is 2.95. The molecule has 1 fully saturated rings. The lowest BCUT2D eigenvalue weighted by atomic mass is 10.00. The fraction of sp³-hybridized carbons (Fsp3) is 0.375. The van der Waals surface area contributed by atoms with Crippen LogP contribution in [0.1, 0.15) is 30.2 Å². The van der Waals surface area contributed by atoms with Crippen LogP contribution < -0.4 is 10.6 Å². The van der Waals surface area contributed by atoms with E-state index in [9.17, 15) is 9.18 Å². The minimum Gasteiger partial charge on any atom is -0.304 e. The molecular formula is C16H18FN3OS. The maximum absolute atomic E-state index is 13.2. The van der Waals surface area contributed by atoms with E-state index in [0.29, 0.717) is 11.6 Å². The summed E-state index contributed by atoms with van der Waals surface area (Å²) in [7, 11) is 0. The number of carbonyl (C=O) groups is 1. The van der Waals surface area contributed by atoms with E-state index in [1.54, 1.807) is 12.3 Å². The lowest BCUT2D eigenvalue weighted by Gasteiger charge is -2.21. The van der Waals surface area contributed by atoms with Gasteiger partial charge in [0.15, 0.2) is 5.13 Å². The average Bonchev–Trinajstić information content (AvgIpc) is 3.09. The highest BCUT2D eigenvalue weighted by Gasteiger charge is 2.36. The van der Waals surface area contributed by atoms with Gasteiger partial charge in [-0.3, -0.25) is 4.79 Å². The number of aromatic nitrogens is 1. The van der Waals surface area contributed by atoms with Crippen LogP contribution in [0, 0.1) is 5.82 Å². The Kier molecular flexibility index (Phi) is 4.22. The van der Waals surface area contributed by atoms with Gasteiger partial charge in [-0.05, 0) is 44.0 Å². The van der Waals surface area contributed by atoms with E-state index in [0.717, 1.165) is 29.8 Å². The molecule has 1 amide bonds. The van der Waals surface area contributed by atoms with Crippen LogP contribution in [0.5, 0.6) is 0 Å². The zero-order valence-corrected chi connectivity index (χ0v) is 13.2. The van der Waals surface area contributed by atoms with Crippen molar-refractivity contribution in [2.45, 2.75) is 31.7 Å². The third-order valence-electron chi connectivity index (χ3n) is 3.91. The van der Waals surface area contributed by atoms with Gasteiger partial charge in [0.1, 0.15) is 5.82 Å². The van der Waals surface area contributed by atoms with Crippen molar-refractivity contribution in [1.29, 1.82) is 0 Å². The Bertz CT molecular complexity index is 680. The Labute approximate surface area is 132 Å². The van der Waals surface area contributed by atoms with Crippen LogP contribution in [-0.2, 0) is 11.2 Å². The summed E-state index contributed by atoms with van der Waals surface area (Å²) in [5, 5.41) is 6.69. The highest BCUT2D eigenvalue weighted by molar-refractivity contribution is 7.15. The van der Waals surface area contributed by atoms with Crippen molar-refractivity contribution in [2.75, 3.05) is 11.9 Å². The molecule has 22 heavy (non-hydrogen) atoms. The van der Waals surface area contributed by atoms with Crippen LogP contribution in [0.15, 0.2) is 30.5 Å². The van der Waals surface area contributed by atoms with Gasteiger partial charge in [-0.1, -0.05) is 12.1 Å². The smallest absolute Gasteiger partial charge is 0.246 e. The highest BCUT2D eigenvalue weighted by atomic mass is 32.1. The molecule has 1 unspecified atom stereocenters. The van der Waals surface area contributed by atoms with Crippen LogP contribution in [0.2, 0.25) is 0 Å². The molecule has 1 saturated heterocycles. The lowest BCUT2D eigenvalue weighted by molar-refractivity contribution is -0.121. The zero-order valence-electron chi connectivity index (χ0n) is 12.4. The summed E-state index contributed by atoms with van der Waals surface area (Å²) in [4.78, 5) is 17.5. The van der Waals surface area contributed by atoms with E-state index >= 15 is 0 Å². The van der Waals surface area contributed by atoms with Crippen molar-refractivity contribution in [1.82, 2.24) is 10.3 Å². The van der Waals surface area contributed by atoms with E-state index in [1.165, 1.54) is 23.5 Å². The topological polar surface area (TPSA) is 54.0 Å². The van der Waals surface area contributed by atoms with Crippen molar-refractivity contribution >= 4 is 22.4 Å². The molecule has 1 aliphatic rings. The normalized spacial score (nSPS) is 21.0. The Hall–Kier alpha value is -1.79. The summed E-state index contributed by atoms with van der Waals surface area (Å²) in [6, 6.07) is 6.52. The summed E-state index contributed by atoms with van der Waals surface area (Å²) in [5.74, 6) is -0.285. The number of hydrogen-bond donors (Lipinski definition) is 2. The second-order valence-corrected chi connectivity index (χ2v) is 6.87. The molecule has 2 aromatic rings. The Morgan fingerprint density at radius 2 is 2.41 bits per heavy atom. The Morgan fingerprint density at radius 1 is 1.55 bits per heavy atom. The van der Waals surface area contributed by atoms with Crippen molar-refractivity contribution in [3.63, 3.8) is 0 Å². The molecule has 2 heterocycles. The maximum atomic E-state index is 13.2. The van der Waals surface area contributed by atoms with Gasteiger partial charge in [-0.15, -0.1) is 11.3 Å². The summed E-state index contributed by atoms with van der Waals surface area (Å²) >= 11 is 1.43. The molecule has 3 rings (SSSR count). The standard InChI is InChI=1S/C16H18FN3OS/c1-16(6-3-7-19-16)14(21)20-15-18-10-13(22-15)9-11-4-2-5-12(17)8-11/h2,4-5,8,10,19H,3,6-7,9H2,1H3,(H,18,20,21). The van der Waals surface area contributed by atoms with Crippen molar-refractivity contribution in [2.24, 2.45) is 0 Å². The number of hydrogen-bond acceptors (Lipinski definition) is 4. The summed E-state index contributed by atoms with van der Waals surface area (Å²) in [6.45, 7) is 2.78. The van der Waals surface area contributed by atoms with E-state index in [-0.39, 0.29) is 11.7 Å². The van der Waals surface area contributed by atoms with E-state index in [1.807, 2.05) is 13.0 Å². The molecule has 1 aromatic heterocycles. The number of anilines is 1. The fourth-order valence-electron chi connectivity index (χ4n) is 2.62. The number of thiazole rings is 1. The van der Waals surface area contributed by atoms with Gasteiger partial charge >= 0.3 is 0 Å². The lowest BCUT2D eigenvalue weighted by Crippen LogP contribution is -2.47. The molecule has 2 N–H and O–H groups in total. The molecule has 1 atom stereocenters.